The Labute approximate surface area is 113 Å². The number of hydrogen-bond acceptors (Lipinski definition) is 5. The summed E-state index contributed by atoms with van der Waals surface area (Å²) in [6.07, 6.45) is 3.72. The maximum atomic E-state index is 10.6. The normalized spacial score (nSPS) is 24.5. The minimum atomic E-state index is -0.891. The number of rotatable bonds is 5. The van der Waals surface area contributed by atoms with Crippen LogP contribution in [0.1, 0.15) is 38.8 Å². The summed E-state index contributed by atoms with van der Waals surface area (Å²) in [5.41, 5.74) is -0.187. The highest BCUT2D eigenvalue weighted by Gasteiger charge is 2.40. The summed E-state index contributed by atoms with van der Waals surface area (Å²) in [6.45, 7) is 6.64. The van der Waals surface area contributed by atoms with Crippen LogP contribution in [-0.2, 0) is 5.60 Å². The zero-order valence-electron chi connectivity index (χ0n) is 11.6. The van der Waals surface area contributed by atoms with E-state index in [4.69, 9.17) is 5.26 Å². The molecular formula is C13H21N5O. The lowest BCUT2D eigenvalue weighted by Gasteiger charge is -2.30. The highest BCUT2D eigenvalue weighted by molar-refractivity contribution is 5.10. The molecule has 0 amide bonds. The molecule has 0 aliphatic carbocycles. The van der Waals surface area contributed by atoms with Gasteiger partial charge in [-0.1, -0.05) is 13.8 Å². The van der Waals surface area contributed by atoms with Gasteiger partial charge in [0.1, 0.15) is 11.3 Å². The number of likely N-dealkylation sites (tertiary alicyclic amines) is 1. The summed E-state index contributed by atoms with van der Waals surface area (Å²) < 4.78 is 0. The van der Waals surface area contributed by atoms with Crippen molar-refractivity contribution in [3.8, 4) is 6.07 Å². The second-order valence-electron chi connectivity index (χ2n) is 6.17. The SMILES string of the molecule is CC(C)(CCC#N)CN1CCC(O)(c2cn[nH]n2)C1. The molecule has 1 aromatic heterocycles. The average Bonchev–Trinajstić information content (AvgIpc) is 2.97. The van der Waals surface area contributed by atoms with Gasteiger partial charge >= 0.3 is 0 Å². The predicted molar refractivity (Wildman–Crippen MR) is 70.0 cm³/mol. The molecule has 1 atom stereocenters. The maximum absolute atomic E-state index is 10.6. The second-order valence-corrected chi connectivity index (χ2v) is 6.17. The Hall–Kier alpha value is -1.45. The number of aromatic amines is 1. The van der Waals surface area contributed by atoms with E-state index in [0.717, 1.165) is 19.5 Å². The molecule has 1 aromatic rings. The number of aliphatic hydroxyl groups is 1. The zero-order chi connectivity index (χ0) is 13.9. The van der Waals surface area contributed by atoms with E-state index in [-0.39, 0.29) is 5.41 Å². The Morgan fingerprint density at radius 1 is 1.63 bits per heavy atom. The molecule has 1 fully saturated rings. The van der Waals surface area contributed by atoms with Gasteiger partial charge < -0.3 is 5.11 Å². The number of nitrogens with one attached hydrogen (secondary N) is 1. The van der Waals surface area contributed by atoms with Crippen molar-refractivity contribution in [3.05, 3.63) is 11.9 Å². The summed E-state index contributed by atoms with van der Waals surface area (Å²) in [5.74, 6) is 0. The van der Waals surface area contributed by atoms with Gasteiger partial charge in [-0.25, -0.2) is 0 Å². The van der Waals surface area contributed by atoms with E-state index in [1.807, 2.05) is 0 Å². The molecule has 1 aliphatic heterocycles. The van der Waals surface area contributed by atoms with Crippen LogP contribution >= 0.6 is 0 Å². The molecule has 2 rings (SSSR count). The standard InChI is InChI=1S/C13H21N5O/c1-12(2,4-3-6-14)9-18-7-5-13(19,10-18)11-8-15-17-16-11/h8,19H,3-5,7,9-10H2,1-2H3,(H,15,16,17). The first kappa shape index (κ1) is 14.0. The fraction of sp³-hybridized carbons (Fsp3) is 0.769. The molecule has 6 nitrogen and oxygen atoms in total. The number of hydrogen-bond donors (Lipinski definition) is 2. The Bertz CT molecular complexity index is 450. The van der Waals surface area contributed by atoms with Gasteiger partial charge in [0, 0.05) is 26.1 Å². The number of β-amino-alcohol motifs (C(OH)–C–C–N with tert-alkyl or cyclic N) is 1. The molecule has 0 bridgehead atoms. The van der Waals surface area contributed by atoms with Gasteiger partial charge in [0.15, 0.2) is 0 Å². The smallest absolute Gasteiger partial charge is 0.124 e. The van der Waals surface area contributed by atoms with Gasteiger partial charge in [-0.05, 0) is 18.3 Å². The van der Waals surface area contributed by atoms with Crippen molar-refractivity contribution >= 4 is 0 Å². The lowest BCUT2D eigenvalue weighted by Crippen LogP contribution is -2.36. The first-order valence-electron chi connectivity index (χ1n) is 6.63. The number of nitriles is 1. The largest absolute Gasteiger partial charge is 0.382 e. The highest BCUT2D eigenvalue weighted by atomic mass is 16.3. The first-order chi connectivity index (χ1) is 8.95. The minimum Gasteiger partial charge on any atom is -0.382 e. The number of aromatic nitrogens is 3. The lowest BCUT2D eigenvalue weighted by molar-refractivity contribution is 0.0370. The Morgan fingerprint density at radius 3 is 3.05 bits per heavy atom. The van der Waals surface area contributed by atoms with Crippen LogP contribution in [0.2, 0.25) is 0 Å². The van der Waals surface area contributed by atoms with Crippen molar-refractivity contribution in [2.45, 2.75) is 38.7 Å². The zero-order valence-corrected chi connectivity index (χ0v) is 11.6. The molecule has 1 aliphatic rings. The second kappa shape index (κ2) is 5.27. The summed E-state index contributed by atoms with van der Waals surface area (Å²) in [5, 5.41) is 29.6. The molecule has 6 heteroatoms. The molecule has 2 N–H and O–H groups in total. The quantitative estimate of drug-likeness (QED) is 0.828. The van der Waals surface area contributed by atoms with E-state index in [0.29, 0.717) is 25.1 Å². The van der Waals surface area contributed by atoms with Gasteiger partial charge in [-0.15, -0.1) is 0 Å². The van der Waals surface area contributed by atoms with Crippen LogP contribution in [0.5, 0.6) is 0 Å². The van der Waals surface area contributed by atoms with Gasteiger partial charge in [0.25, 0.3) is 0 Å². The molecule has 19 heavy (non-hydrogen) atoms. The van der Waals surface area contributed by atoms with Crippen molar-refractivity contribution in [1.82, 2.24) is 20.3 Å². The van der Waals surface area contributed by atoms with E-state index in [1.165, 1.54) is 0 Å². The fourth-order valence-electron chi connectivity index (χ4n) is 2.72. The maximum Gasteiger partial charge on any atom is 0.124 e. The van der Waals surface area contributed by atoms with Gasteiger partial charge in [0.05, 0.1) is 12.3 Å². The van der Waals surface area contributed by atoms with Gasteiger partial charge in [0.2, 0.25) is 0 Å². The Kier molecular flexibility index (Phi) is 3.88. The van der Waals surface area contributed by atoms with Gasteiger partial charge in [-0.2, -0.15) is 20.7 Å². The van der Waals surface area contributed by atoms with E-state index in [9.17, 15) is 5.11 Å². The molecule has 1 unspecified atom stereocenters. The average molecular weight is 263 g/mol. The van der Waals surface area contributed by atoms with Crippen molar-refractivity contribution < 1.29 is 5.11 Å². The van der Waals surface area contributed by atoms with Crippen LogP contribution in [0.25, 0.3) is 0 Å². The van der Waals surface area contributed by atoms with Crippen LogP contribution in [0.4, 0.5) is 0 Å². The van der Waals surface area contributed by atoms with Crippen LogP contribution in [0.15, 0.2) is 6.20 Å². The van der Waals surface area contributed by atoms with Crippen LogP contribution in [0.3, 0.4) is 0 Å². The molecule has 0 spiro atoms. The third-order valence-corrected chi connectivity index (χ3v) is 3.78. The van der Waals surface area contributed by atoms with Crippen LogP contribution < -0.4 is 0 Å². The molecule has 0 aromatic carbocycles. The monoisotopic (exact) mass is 263 g/mol. The molecule has 1 saturated heterocycles. The summed E-state index contributed by atoms with van der Waals surface area (Å²) in [6, 6.07) is 2.20. The molecule has 0 radical (unpaired) electrons. The van der Waals surface area contributed by atoms with Crippen LogP contribution in [-0.4, -0.2) is 45.1 Å². The third-order valence-electron chi connectivity index (χ3n) is 3.78. The summed E-state index contributed by atoms with van der Waals surface area (Å²) >= 11 is 0. The molecule has 104 valence electrons. The number of H-pyrrole nitrogens is 1. The number of nitrogens with zero attached hydrogens (tertiary/aromatic N) is 4. The van der Waals surface area contributed by atoms with E-state index in [1.54, 1.807) is 6.20 Å². The highest BCUT2D eigenvalue weighted by Crippen LogP contribution is 2.33. The predicted octanol–water partition coefficient (Wildman–Crippen LogP) is 1.03. The van der Waals surface area contributed by atoms with Crippen molar-refractivity contribution in [2.75, 3.05) is 19.6 Å². The van der Waals surface area contributed by atoms with E-state index in [2.05, 4.69) is 40.2 Å². The topological polar surface area (TPSA) is 88.8 Å². The molecule has 0 saturated carbocycles. The Morgan fingerprint density at radius 2 is 2.42 bits per heavy atom. The van der Waals surface area contributed by atoms with Gasteiger partial charge in [-0.3, -0.25) is 4.90 Å². The minimum absolute atomic E-state index is 0.0881. The van der Waals surface area contributed by atoms with Crippen molar-refractivity contribution in [2.24, 2.45) is 5.41 Å². The van der Waals surface area contributed by atoms with Crippen molar-refractivity contribution in [3.63, 3.8) is 0 Å². The third kappa shape index (κ3) is 3.31. The van der Waals surface area contributed by atoms with E-state index < -0.39 is 5.60 Å². The fourth-order valence-corrected chi connectivity index (χ4v) is 2.72. The van der Waals surface area contributed by atoms with E-state index >= 15 is 0 Å². The van der Waals surface area contributed by atoms with Crippen LogP contribution in [0, 0.1) is 16.7 Å². The summed E-state index contributed by atoms with van der Waals surface area (Å²) in [7, 11) is 0. The van der Waals surface area contributed by atoms with Crippen molar-refractivity contribution in [1.29, 1.82) is 5.26 Å². The molecule has 2 heterocycles. The first-order valence-corrected chi connectivity index (χ1v) is 6.63. The Balaban J connectivity index is 1.94. The lowest BCUT2D eigenvalue weighted by atomic mass is 9.87. The summed E-state index contributed by atoms with van der Waals surface area (Å²) in [4.78, 5) is 2.24. The molecular weight excluding hydrogens is 242 g/mol.